The summed E-state index contributed by atoms with van der Waals surface area (Å²) < 4.78 is 19.1. The van der Waals surface area contributed by atoms with Crippen LogP contribution in [-0.2, 0) is 17.4 Å². The van der Waals surface area contributed by atoms with Crippen molar-refractivity contribution in [1.82, 2.24) is 0 Å². The summed E-state index contributed by atoms with van der Waals surface area (Å²) in [6.07, 6.45) is 2.55. The van der Waals surface area contributed by atoms with Crippen molar-refractivity contribution in [3.8, 4) is 11.5 Å². The van der Waals surface area contributed by atoms with Crippen molar-refractivity contribution >= 4 is 37.3 Å². The molecule has 0 aromatic heterocycles. The van der Waals surface area contributed by atoms with Crippen LogP contribution in [0.2, 0.25) is 9.26 Å². The zero-order valence-electron chi connectivity index (χ0n) is 21.6. The maximum atomic E-state index is 5.81. The number of hydrogen-bond acceptors (Lipinski definition) is 2. The van der Waals surface area contributed by atoms with Gasteiger partial charge in [-0.05, 0) is 0 Å². The van der Waals surface area contributed by atoms with E-state index in [0.29, 0.717) is 9.54 Å². The van der Waals surface area contributed by atoms with Gasteiger partial charge < -0.3 is 0 Å². The third kappa shape index (κ3) is 4.34. The molecule has 2 aromatic rings. The van der Waals surface area contributed by atoms with Gasteiger partial charge in [-0.3, -0.25) is 0 Å². The number of methoxy groups -OCH3 is 2. The van der Waals surface area contributed by atoms with Crippen LogP contribution >= 0.6 is 24.8 Å². The van der Waals surface area contributed by atoms with Crippen LogP contribution in [0.25, 0.3) is 5.57 Å². The maximum absolute atomic E-state index is 5.81. The van der Waals surface area contributed by atoms with Crippen LogP contribution in [0.4, 0.5) is 0 Å². The van der Waals surface area contributed by atoms with Gasteiger partial charge >= 0.3 is 197 Å². The molecule has 0 saturated heterocycles. The second-order valence-electron chi connectivity index (χ2n) is 10.6. The fourth-order valence-corrected chi connectivity index (χ4v) is 24.8. The van der Waals surface area contributed by atoms with Crippen molar-refractivity contribution in [2.45, 2.75) is 40.6 Å². The summed E-state index contributed by atoms with van der Waals surface area (Å²) in [5, 5.41) is 0. The number of fused-ring (bicyclic) bond motifs is 1. The Balaban J connectivity index is 0.00000204. The molecule has 2 unspecified atom stereocenters. The Morgan fingerprint density at radius 1 is 0.824 bits per heavy atom. The molecular formula is C28H38Cl2O2SiZr. The molecule has 0 fully saturated rings. The Labute approximate surface area is 220 Å². The van der Waals surface area contributed by atoms with Crippen molar-refractivity contribution in [3.05, 3.63) is 85.2 Å². The minimum absolute atomic E-state index is 0. The van der Waals surface area contributed by atoms with Gasteiger partial charge in [0.2, 0.25) is 0 Å². The molecular weight excluding hydrogens is 559 g/mol. The van der Waals surface area contributed by atoms with E-state index >= 15 is 0 Å². The molecule has 2 aliphatic rings. The quantitative estimate of drug-likeness (QED) is 0.331. The van der Waals surface area contributed by atoms with Gasteiger partial charge in [0.25, 0.3) is 0 Å². The summed E-state index contributed by atoms with van der Waals surface area (Å²) in [6, 6.07) is 15.0. The van der Waals surface area contributed by atoms with E-state index in [1.807, 2.05) is 18.2 Å². The van der Waals surface area contributed by atoms with Gasteiger partial charge in [-0.15, -0.1) is 24.8 Å². The van der Waals surface area contributed by atoms with Gasteiger partial charge in [0.15, 0.2) is 0 Å². The molecule has 0 N–H and O–H groups in total. The fraction of sp³-hybridized carbons (Fsp3) is 0.357. The monoisotopic (exact) mass is 594 g/mol. The Morgan fingerprint density at radius 3 is 1.88 bits per heavy atom. The van der Waals surface area contributed by atoms with Crippen LogP contribution in [0.3, 0.4) is 0 Å². The van der Waals surface area contributed by atoms with Crippen LogP contribution < -0.4 is 9.47 Å². The van der Waals surface area contributed by atoms with E-state index in [1.54, 1.807) is 28.6 Å². The molecule has 2 aromatic carbocycles. The zero-order valence-corrected chi connectivity index (χ0v) is 27.1. The third-order valence-corrected chi connectivity index (χ3v) is 25.4. The van der Waals surface area contributed by atoms with Crippen molar-refractivity contribution in [2.75, 3.05) is 14.2 Å². The van der Waals surface area contributed by atoms with Crippen molar-refractivity contribution in [2.24, 2.45) is 5.92 Å². The maximum Gasteiger partial charge on any atom is -0.147 e. The van der Waals surface area contributed by atoms with Crippen LogP contribution in [0.15, 0.2) is 68.5 Å². The molecule has 0 heterocycles. The number of hydrogen-bond donors (Lipinski definition) is 0. The SMILES string of the molecule is COc1cccc(OC)c1C1=C[CH]([Zr]([CH3])([CH3])(=[SiH2])[C]2=C(C)C(C)=C(C)C2C)c2ccccc21.Cl.Cl. The molecule has 0 bridgehead atoms. The summed E-state index contributed by atoms with van der Waals surface area (Å²) in [5.74, 6) is 2.27. The van der Waals surface area contributed by atoms with Crippen molar-refractivity contribution < 1.29 is 26.9 Å². The zero-order chi connectivity index (χ0) is 23.4. The van der Waals surface area contributed by atoms with Crippen LogP contribution in [0, 0.1) is 5.92 Å². The Bertz CT molecular complexity index is 1260. The molecule has 2 atom stereocenters. The predicted molar refractivity (Wildman–Crippen MR) is 151 cm³/mol. The molecule has 0 spiro atoms. The topological polar surface area (TPSA) is 18.5 Å². The largest absolute Gasteiger partial charge is 0.147 e. The van der Waals surface area contributed by atoms with Crippen molar-refractivity contribution in [1.29, 1.82) is 0 Å². The summed E-state index contributed by atoms with van der Waals surface area (Å²) in [5.41, 5.74) is 9.71. The first-order valence-corrected chi connectivity index (χ1v) is 25.0. The normalized spacial score (nSPS) is 19.9. The van der Waals surface area contributed by atoms with Gasteiger partial charge in [0, 0.05) is 0 Å². The Kier molecular flexibility index (Phi) is 8.69. The van der Waals surface area contributed by atoms with E-state index in [-0.39, 0.29) is 24.8 Å². The Hall–Kier alpha value is -1.06. The van der Waals surface area contributed by atoms with Crippen molar-refractivity contribution in [3.63, 3.8) is 0 Å². The summed E-state index contributed by atoms with van der Waals surface area (Å²) in [7, 11) is 3.49. The second kappa shape index (κ2) is 10.1. The average molecular weight is 597 g/mol. The summed E-state index contributed by atoms with van der Waals surface area (Å²) >= 11 is -3.45. The van der Waals surface area contributed by atoms with Crippen LogP contribution in [-0.4, -0.2) is 21.1 Å². The van der Waals surface area contributed by atoms with E-state index in [1.165, 1.54) is 22.3 Å². The molecule has 34 heavy (non-hydrogen) atoms. The number of halogens is 2. The van der Waals surface area contributed by atoms with Crippen LogP contribution in [0.5, 0.6) is 11.5 Å². The molecule has 184 valence electrons. The van der Waals surface area contributed by atoms with Gasteiger partial charge in [-0.25, -0.2) is 0 Å². The molecule has 0 aliphatic heterocycles. The molecule has 6 heteroatoms. The molecule has 0 saturated carbocycles. The molecule has 2 nitrogen and oxygen atoms in total. The molecule has 0 radical (unpaired) electrons. The van der Waals surface area contributed by atoms with Gasteiger partial charge in [0.1, 0.15) is 0 Å². The first kappa shape index (κ1) is 29.2. The van der Waals surface area contributed by atoms with Crippen LogP contribution in [0.1, 0.15) is 48.0 Å². The molecule has 2 aliphatic carbocycles. The van der Waals surface area contributed by atoms with E-state index in [0.717, 1.165) is 17.1 Å². The standard InChI is InChI=1S/C17H15O2.C9H13.2CH3.2ClH.H2Si.Zr/c1-18-15-8-5-9-16(19-2)17(15)14-11-10-12-6-3-4-7-13(12)14;1-6-5-7(2)9(4)8(6)3;;;;;;/h3-11H,1-2H3;6H,1-4H3;2*1H3;2*1H;1H2;. The number of ether oxygens (including phenoxy) is 2. The minimum Gasteiger partial charge on any atom is -0.147 e. The average Bonchev–Trinajstić information content (AvgIpc) is 3.25. The van der Waals surface area contributed by atoms with E-state index in [4.69, 9.17) is 9.47 Å². The number of rotatable bonds is 5. The van der Waals surface area contributed by atoms with Gasteiger partial charge in [-0.2, -0.15) is 0 Å². The molecule has 4 rings (SSSR count). The second-order valence-corrected chi connectivity index (χ2v) is 40.1. The number of allylic oxidation sites excluding steroid dienone is 5. The first-order valence-electron chi connectivity index (χ1n) is 11.5. The van der Waals surface area contributed by atoms with E-state index < -0.39 is 17.4 Å². The smallest absolute Gasteiger partial charge is 0.147 e. The fourth-order valence-electron chi connectivity index (χ4n) is 6.32. The Morgan fingerprint density at radius 2 is 1.38 bits per heavy atom. The summed E-state index contributed by atoms with van der Waals surface area (Å²) in [4.78, 5) is 0. The van der Waals surface area contributed by atoms with E-state index in [2.05, 4.69) is 74.2 Å². The number of benzene rings is 2. The van der Waals surface area contributed by atoms with Gasteiger partial charge in [-0.1, -0.05) is 0 Å². The molecule has 0 amide bonds. The minimum atomic E-state index is -3.45. The summed E-state index contributed by atoms with van der Waals surface area (Å²) in [6.45, 7) is 11.8. The van der Waals surface area contributed by atoms with E-state index in [9.17, 15) is 0 Å². The van der Waals surface area contributed by atoms with Gasteiger partial charge in [0.05, 0.1) is 0 Å². The third-order valence-electron chi connectivity index (χ3n) is 8.14. The first-order chi connectivity index (χ1) is 15.0. The predicted octanol–water partition coefficient (Wildman–Crippen LogP) is 7.63.